The highest BCUT2D eigenvalue weighted by Gasteiger charge is 2.33. The van der Waals surface area contributed by atoms with Gasteiger partial charge in [-0.25, -0.2) is 0 Å². The maximum absolute atomic E-state index is 11.4. The van der Waals surface area contributed by atoms with Crippen molar-refractivity contribution in [2.45, 2.75) is 12.3 Å². The van der Waals surface area contributed by atoms with E-state index in [9.17, 15) is 4.79 Å². The average molecular weight is 250 g/mol. The minimum atomic E-state index is -0.189. The van der Waals surface area contributed by atoms with Crippen molar-refractivity contribution in [2.24, 2.45) is 5.92 Å². The third-order valence-corrected chi connectivity index (χ3v) is 3.39. The summed E-state index contributed by atoms with van der Waals surface area (Å²) in [4.78, 5) is 11.4. The second-order valence-corrected chi connectivity index (χ2v) is 4.43. The summed E-state index contributed by atoms with van der Waals surface area (Å²) >= 11 is 0. The van der Waals surface area contributed by atoms with Crippen LogP contribution in [0.5, 0.6) is 5.75 Å². The Hall–Kier alpha value is -1.55. The molecule has 1 aromatic carbocycles. The Labute approximate surface area is 107 Å². The Kier molecular flexibility index (Phi) is 4.20. The molecule has 0 bridgehead atoms. The molecule has 0 spiro atoms. The van der Waals surface area contributed by atoms with E-state index in [1.807, 2.05) is 24.3 Å². The van der Waals surface area contributed by atoms with Crippen LogP contribution >= 0.6 is 0 Å². The highest BCUT2D eigenvalue weighted by Crippen LogP contribution is 2.37. The lowest BCUT2D eigenvalue weighted by Crippen LogP contribution is -2.16. The van der Waals surface area contributed by atoms with Crippen LogP contribution in [0.4, 0.5) is 0 Å². The molecule has 4 nitrogen and oxygen atoms in total. The summed E-state index contributed by atoms with van der Waals surface area (Å²) in [6, 6.07) is 7.88. The van der Waals surface area contributed by atoms with Crippen molar-refractivity contribution in [3.8, 4) is 5.75 Å². The Bertz CT molecular complexity index is 416. The molecule has 1 aromatic rings. The fraction of sp³-hybridized carbons (Fsp3) is 0.500. The van der Waals surface area contributed by atoms with Crippen LogP contribution < -0.4 is 4.74 Å². The standard InChI is InChI=1S/C14H18O4/c1-16-13-6-4-3-5-11(13)12-9-18-8-10(12)7-14(15)17-2/h3-6,10,12H,7-9H2,1-2H3/t10-,12+/m1/s1. The van der Waals surface area contributed by atoms with Crippen molar-refractivity contribution >= 4 is 5.97 Å². The van der Waals surface area contributed by atoms with Crippen LogP contribution in [0.15, 0.2) is 24.3 Å². The molecule has 0 N–H and O–H groups in total. The van der Waals surface area contributed by atoms with E-state index < -0.39 is 0 Å². The third kappa shape index (κ3) is 2.64. The number of methoxy groups -OCH3 is 2. The zero-order chi connectivity index (χ0) is 13.0. The van der Waals surface area contributed by atoms with Crippen LogP contribution in [0, 0.1) is 5.92 Å². The fourth-order valence-corrected chi connectivity index (χ4v) is 2.41. The predicted molar refractivity (Wildman–Crippen MR) is 66.7 cm³/mol. The monoisotopic (exact) mass is 250 g/mol. The summed E-state index contributed by atoms with van der Waals surface area (Å²) in [5, 5.41) is 0. The number of carbonyl (C=O) groups excluding carboxylic acids is 1. The molecule has 2 rings (SSSR count). The first-order valence-electron chi connectivity index (χ1n) is 6.03. The highest BCUT2D eigenvalue weighted by atomic mass is 16.5. The lowest BCUT2D eigenvalue weighted by Gasteiger charge is -2.19. The van der Waals surface area contributed by atoms with Crippen molar-refractivity contribution in [3.05, 3.63) is 29.8 Å². The van der Waals surface area contributed by atoms with E-state index in [1.54, 1.807) is 7.11 Å². The van der Waals surface area contributed by atoms with Crippen molar-refractivity contribution in [2.75, 3.05) is 27.4 Å². The molecule has 1 fully saturated rings. The summed E-state index contributed by atoms with van der Waals surface area (Å²) in [6.07, 6.45) is 0.388. The lowest BCUT2D eigenvalue weighted by atomic mass is 9.86. The van der Waals surface area contributed by atoms with Gasteiger partial charge in [0.25, 0.3) is 0 Å². The van der Waals surface area contributed by atoms with E-state index in [0.29, 0.717) is 19.6 Å². The maximum Gasteiger partial charge on any atom is 0.305 e. The first kappa shape index (κ1) is 12.9. The minimum Gasteiger partial charge on any atom is -0.496 e. The topological polar surface area (TPSA) is 44.8 Å². The second-order valence-electron chi connectivity index (χ2n) is 4.43. The Morgan fingerprint density at radius 3 is 2.83 bits per heavy atom. The van der Waals surface area contributed by atoms with Crippen LogP contribution in [0.25, 0.3) is 0 Å². The van der Waals surface area contributed by atoms with Gasteiger partial charge in [-0.1, -0.05) is 18.2 Å². The third-order valence-electron chi connectivity index (χ3n) is 3.39. The number of rotatable bonds is 4. The van der Waals surface area contributed by atoms with Gasteiger partial charge in [-0.3, -0.25) is 4.79 Å². The fourth-order valence-electron chi connectivity index (χ4n) is 2.41. The minimum absolute atomic E-state index is 0.161. The van der Waals surface area contributed by atoms with Crippen LogP contribution in [0.1, 0.15) is 17.9 Å². The normalized spacial score (nSPS) is 22.8. The van der Waals surface area contributed by atoms with Gasteiger partial charge in [0.1, 0.15) is 5.75 Å². The van der Waals surface area contributed by atoms with E-state index in [4.69, 9.17) is 14.2 Å². The zero-order valence-electron chi connectivity index (χ0n) is 10.7. The summed E-state index contributed by atoms with van der Waals surface area (Å²) in [5.74, 6) is 1.02. The number of hydrogen-bond donors (Lipinski definition) is 0. The summed E-state index contributed by atoms with van der Waals surface area (Å²) in [5.41, 5.74) is 1.10. The molecule has 1 heterocycles. The van der Waals surface area contributed by atoms with E-state index in [1.165, 1.54) is 7.11 Å². The number of para-hydroxylation sites is 1. The summed E-state index contributed by atoms with van der Waals surface area (Å²) in [6.45, 7) is 1.22. The molecular weight excluding hydrogens is 232 g/mol. The molecular formula is C14H18O4. The quantitative estimate of drug-likeness (QED) is 0.767. The molecule has 2 atom stereocenters. The van der Waals surface area contributed by atoms with Crippen molar-refractivity contribution < 1.29 is 19.0 Å². The van der Waals surface area contributed by atoms with Gasteiger partial charge in [-0.15, -0.1) is 0 Å². The predicted octanol–water partition coefficient (Wildman–Crippen LogP) is 1.99. The molecule has 0 radical (unpaired) electrons. The SMILES string of the molecule is COC(=O)C[C@@H]1COC[C@@H]1c1ccccc1OC. The Morgan fingerprint density at radius 2 is 2.11 bits per heavy atom. The van der Waals surface area contributed by atoms with Gasteiger partial charge in [0, 0.05) is 11.8 Å². The van der Waals surface area contributed by atoms with Crippen LogP contribution in [0.3, 0.4) is 0 Å². The number of esters is 1. The number of ether oxygens (including phenoxy) is 3. The Morgan fingerprint density at radius 1 is 1.33 bits per heavy atom. The van der Waals surface area contributed by atoms with E-state index in [-0.39, 0.29) is 17.8 Å². The van der Waals surface area contributed by atoms with Crippen LogP contribution in [-0.2, 0) is 14.3 Å². The van der Waals surface area contributed by atoms with E-state index >= 15 is 0 Å². The summed E-state index contributed by atoms with van der Waals surface area (Å²) < 4.78 is 15.6. The molecule has 0 aliphatic carbocycles. The molecule has 0 unspecified atom stereocenters. The molecule has 1 aliphatic rings. The van der Waals surface area contributed by atoms with Gasteiger partial charge in [0.2, 0.25) is 0 Å². The first-order valence-corrected chi connectivity index (χ1v) is 6.03. The zero-order valence-corrected chi connectivity index (χ0v) is 10.7. The maximum atomic E-state index is 11.4. The van der Waals surface area contributed by atoms with Crippen molar-refractivity contribution in [3.63, 3.8) is 0 Å². The largest absolute Gasteiger partial charge is 0.496 e. The molecule has 98 valence electrons. The Balaban J connectivity index is 2.18. The van der Waals surface area contributed by atoms with Crippen LogP contribution in [-0.4, -0.2) is 33.4 Å². The highest BCUT2D eigenvalue weighted by molar-refractivity contribution is 5.69. The molecule has 18 heavy (non-hydrogen) atoms. The average Bonchev–Trinajstić information content (AvgIpc) is 2.86. The van der Waals surface area contributed by atoms with Gasteiger partial charge in [0.05, 0.1) is 33.9 Å². The smallest absolute Gasteiger partial charge is 0.305 e. The lowest BCUT2D eigenvalue weighted by molar-refractivity contribution is -0.141. The van der Waals surface area contributed by atoms with Gasteiger partial charge >= 0.3 is 5.97 Å². The van der Waals surface area contributed by atoms with Crippen molar-refractivity contribution in [1.29, 1.82) is 0 Å². The number of benzene rings is 1. The number of hydrogen-bond acceptors (Lipinski definition) is 4. The number of carbonyl (C=O) groups is 1. The van der Waals surface area contributed by atoms with Crippen LogP contribution in [0.2, 0.25) is 0 Å². The van der Waals surface area contributed by atoms with Gasteiger partial charge in [-0.2, -0.15) is 0 Å². The molecule has 0 amide bonds. The van der Waals surface area contributed by atoms with Gasteiger partial charge < -0.3 is 14.2 Å². The second kappa shape index (κ2) is 5.87. The van der Waals surface area contributed by atoms with E-state index in [2.05, 4.69) is 0 Å². The van der Waals surface area contributed by atoms with Crippen molar-refractivity contribution in [1.82, 2.24) is 0 Å². The molecule has 1 saturated heterocycles. The van der Waals surface area contributed by atoms with Gasteiger partial charge in [0.15, 0.2) is 0 Å². The molecule has 0 saturated carbocycles. The van der Waals surface area contributed by atoms with Gasteiger partial charge in [-0.05, 0) is 11.6 Å². The first-order chi connectivity index (χ1) is 8.76. The summed E-state index contributed by atoms with van der Waals surface area (Å²) in [7, 11) is 3.07. The van der Waals surface area contributed by atoms with E-state index in [0.717, 1.165) is 11.3 Å². The molecule has 1 aliphatic heterocycles. The molecule has 0 aromatic heterocycles. The molecule has 4 heteroatoms.